The molecule has 1 aromatic heterocycles. The molecule has 0 aliphatic carbocycles. The average Bonchev–Trinajstić information content (AvgIpc) is 3.49. The zero-order valence-corrected chi connectivity index (χ0v) is 16.6. The minimum absolute atomic E-state index is 0.0604. The standard InChI is InChI=1S/C23H26N4O2/c1-29-21-11-7-18(8-12-21)22(26-14-2-3-15-26)17-24-23(28)19-5-9-20(10-6-19)27-16-4-13-25-27/h4-13,16,22H,2-3,14-15,17H2,1H3,(H,24,28). The summed E-state index contributed by atoms with van der Waals surface area (Å²) in [4.78, 5) is 15.2. The number of hydrogen-bond donors (Lipinski definition) is 1. The smallest absolute Gasteiger partial charge is 0.251 e. The summed E-state index contributed by atoms with van der Waals surface area (Å²) in [5.41, 5.74) is 2.78. The number of aromatic nitrogens is 2. The number of benzene rings is 2. The number of rotatable bonds is 7. The molecule has 0 saturated carbocycles. The summed E-state index contributed by atoms with van der Waals surface area (Å²) in [5, 5.41) is 7.34. The highest BCUT2D eigenvalue weighted by Gasteiger charge is 2.24. The molecule has 2 heterocycles. The summed E-state index contributed by atoms with van der Waals surface area (Å²) in [7, 11) is 1.67. The third-order valence-corrected chi connectivity index (χ3v) is 5.44. The Labute approximate surface area is 171 Å². The van der Waals surface area contributed by atoms with E-state index in [9.17, 15) is 4.79 Å². The number of nitrogens with one attached hydrogen (secondary N) is 1. The highest BCUT2D eigenvalue weighted by molar-refractivity contribution is 5.94. The summed E-state index contributed by atoms with van der Waals surface area (Å²) in [6.45, 7) is 2.70. The van der Waals surface area contributed by atoms with Crippen LogP contribution in [0.1, 0.15) is 34.8 Å². The van der Waals surface area contributed by atoms with Crippen LogP contribution in [0.15, 0.2) is 67.0 Å². The van der Waals surface area contributed by atoms with Gasteiger partial charge < -0.3 is 10.1 Å². The largest absolute Gasteiger partial charge is 0.497 e. The lowest BCUT2D eigenvalue weighted by molar-refractivity contribution is 0.0938. The Bertz CT molecular complexity index is 915. The number of ether oxygens (including phenoxy) is 1. The number of carbonyl (C=O) groups is 1. The minimum atomic E-state index is -0.0604. The van der Waals surface area contributed by atoms with Crippen molar-refractivity contribution in [2.45, 2.75) is 18.9 Å². The van der Waals surface area contributed by atoms with Gasteiger partial charge in [-0.2, -0.15) is 5.10 Å². The number of amides is 1. The van der Waals surface area contributed by atoms with Crippen molar-refractivity contribution < 1.29 is 9.53 Å². The molecular formula is C23H26N4O2. The van der Waals surface area contributed by atoms with Gasteiger partial charge in [-0.1, -0.05) is 12.1 Å². The van der Waals surface area contributed by atoms with E-state index in [1.54, 1.807) is 18.0 Å². The van der Waals surface area contributed by atoms with E-state index in [4.69, 9.17) is 4.74 Å². The lowest BCUT2D eigenvalue weighted by Crippen LogP contribution is -2.36. The fourth-order valence-electron chi connectivity index (χ4n) is 3.82. The summed E-state index contributed by atoms with van der Waals surface area (Å²) >= 11 is 0. The van der Waals surface area contributed by atoms with E-state index in [-0.39, 0.29) is 11.9 Å². The van der Waals surface area contributed by atoms with E-state index in [1.165, 1.54) is 18.4 Å². The van der Waals surface area contributed by atoms with Crippen molar-refractivity contribution in [3.8, 4) is 11.4 Å². The van der Waals surface area contributed by atoms with Crippen LogP contribution in [0.3, 0.4) is 0 Å². The van der Waals surface area contributed by atoms with Gasteiger partial charge >= 0.3 is 0 Å². The van der Waals surface area contributed by atoms with Gasteiger partial charge in [0.2, 0.25) is 0 Å². The number of methoxy groups -OCH3 is 1. The summed E-state index contributed by atoms with van der Waals surface area (Å²) in [6, 6.07) is 17.7. The molecule has 6 nitrogen and oxygen atoms in total. The van der Waals surface area contributed by atoms with Crippen LogP contribution in [0.5, 0.6) is 5.75 Å². The van der Waals surface area contributed by atoms with Gasteiger partial charge in [-0.3, -0.25) is 9.69 Å². The van der Waals surface area contributed by atoms with Gasteiger partial charge in [0.15, 0.2) is 0 Å². The fraction of sp³-hybridized carbons (Fsp3) is 0.304. The van der Waals surface area contributed by atoms with Crippen molar-refractivity contribution in [2.75, 3.05) is 26.7 Å². The van der Waals surface area contributed by atoms with Gasteiger partial charge in [-0.25, -0.2) is 4.68 Å². The molecule has 1 aliphatic heterocycles. The molecule has 6 heteroatoms. The Balaban J connectivity index is 1.44. The molecule has 1 atom stereocenters. The third kappa shape index (κ3) is 4.49. The van der Waals surface area contributed by atoms with E-state index >= 15 is 0 Å². The number of nitrogens with zero attached hydrogens (tertiary/aromatic N) is 3. The fourth-order valence-corrected chi connectivity index (χ4v) is 3.82. The molecule has 2 aromatic carbocycles. The second-order valence-electron chi connectivity index (χ2n) is 7.24. The first kappa shape index (κ1) is 19.2. The Hall–Kier alpha value is -3.12. The maximum atomic E-state index is 12.7. The van der Waals surface area contributed by atoms with Crippen LogP contribution in [0.25, 0.3) is 5.69 Å². The Kier molecular flexibility index (Phi) is 5.91. The molecule has 3 aromatic rings. The topological polar surface area (TPSA) is 59.4 Å². The highest BCUT2D eigenvalue weighted by atomic mass is 16.5. The molecule has 29 heavy (non-hydrogen) atoms. The van der Waals surface area contributed by atoms with Crippen LogP contribution < -0.4 is 10.1 Å². The number of carbonyl (C=O) groups excluding carboxylic acids is 1. The van der Waals surface area contributed by atoms with E-state index in [0.717, 1.165) is 24.5 Å². The summed E-state index contributed by atoms with van der Waals surface area (Å²) in [6.07, 6.45) is 6.02. The zero-order valence-electron chi connectivity index (χ0n) is 16.6. The van der Waals surface area contributed by atoms with Crippen LogP contribution in [0.4, 0.5) is 0 Å². The first-order chi connectivity index (χ1) is 14.2. The zero-order chi connectivity index (χ0) is 20.1. The molecule has 0 spiro atoms. The normalized spacial score (nSPS) is 15.2. The second kappa shape index (κ2) is 8.92. The molecule has 0 bridgehead atoms. The van der Waals surface area contributed by atoms with Crippen molar-refractivity contribution in [1.29, 1.82) is 0 Å². The Morgan fingerprint density at radius 1 is 1.10 bits per heavy atom. The molecule has 0 radical (unpaired) electrons. The van der Waals surface area contributed by atoms with Crippen LogP contribution in [0.2, 0.25) is 0 Å². The molecule has 4 rings (SSSR count). The van der Waals surface area contributed by atoms with E-state index in [2.05, 4.69) is 27.4 Å². The van der Waals surface area contributed by atoms with Crippen molar-refractivity contribution in [2.24, 2.45) is 0 Å². The Morgan fingerprint density at radius 3 is 2.45 bits per heavy atom. The van der Waals surface area contributed by atoms with Crippen LogP contribution in [-0.2, 0) is 0 Å². The maximum Gasteiger partial charge on any atom is 0.251 e. The van der Waals surface area contributed by atoms with Crippen molar-refractivity contribution in [3.63, 3.8) is 0 Å². The third-order valence-electron chi connectivity index (χ3n) is 5.44. The lowest BCUT2D eigenvalue weighted by atomic mass is 10.0. The molecule has 1 unspecified atom stereocenters. The van der Waals surface area contributed by atoms with Gasteiger partial charge in [0.1, 0.15) is 5.75 Å². The summed E-state index contributed by atoms with van der Waals surface area (Å²) < 4.78 is 7.05. The van der Waals surface area contributed by atoms with E-state index < -0.39 is 0 Å². The maximum absolute atomic E-state index is 12.7. The average molecular weight is 390 g/mol. The van der Waals surface area contributed by atoms with Crippen molar-refractivity contribution in [1.82, 2.24) is 20.0 Å². The molecule has 1 amide bonds. The van der Waals surface area contributed by atoms with Gasteiger partial charge in [-0.05, 0) is 74.0 Å². The molecule has 1 fully saturated rings. The number of likely N-dealkylation sites (tertiary alicyclic amines) is 1. The van der Waals surface area contributed by atoms with Gasteiger partial charge in [0.25, 0.3) is 5.91 Å². The monoisotopic (exact) mass is 390 g/mol. The molecule has 150 valence electrons. The van der Waals surface area contributed by atoms with Gasteiger partial charge in [0.05, 0.1) is 18.8 Å². The Morgan fingerprint density at radius 2 is 1.83 bits per heavy atom. The quantitative estimate of drug-likeness (QED) is 0.671. The molecule has 1 saturated heterocycles. The first-order valence-electron chi connectivity index (χ1n) is 10.0. The van der Waals surface area contributed by atoms with Crippen LogP contribution in [0, 0.1) is 0 Å². The predicted octanol–water partition coefficient (Wildman–Crippen LogP) is 3.45. The molecule has 1 aliphatic rings. The first-order valence-corrected chi connectivity index (χ1v) is 10.0. The molecular weight excluding hydrogens is 364 g/mol. The SMILES string of the molecule is COc1ccc(C(CNC(=O)c2ccc(-n3cccn3)cc2)N2CCCC2)cc1. The summed E-state index contributed by atoms with van der Waals surface area (Å²) in [5.74, 6) is 0.782. The highest BCUT2D eigenvalue weighted by Crippen LogP contribution is 2.26. The van der Waals surface area contributed by atoms with Crippen LogP contribution in [-0.4, -0.2) is 47.3 Å². The second-order valence-corrected chi connectivity index (χ2v) is 7.24. The van der Waals surface area contributed by atoms with E-state index in [1.807, 2.05) is 48.7 Å². The lowest BCUT2D eigenvalue weighted by Gasteiger charge is -2.28. The van der Waals surface area contributed by atoms with Crippen LogP contribution >= 0.6 is 0 Å². The van der Waals surface area contributed by atoms with Gasteiger partial charge in [-0.15, -0.1) is 0 Å². The molecule has 1 N–H and O–H groups in total. The predicted molar refractivity (Wildman–Crippen MR) is 112 cm³/mol. The minimum Gasteiger partial charge on any atom is -0.497 e. The van der Waals surface area contributed by atoms with Crippen molar-refractivity contribution in [3.05, 3.63) is 78.1 Å². The number of hydrogen-bond acceptors (Lipinski definition) is 4. The van der Waals surface area contributed by atoms with Crippen molar-refractivity contribution >= 4 is 5.91 Å². The van der Waals surface area contributed by atoms with E-state index in [0.29, 0.717) is 12.1 Å². The van der Waals surface area contributed by atoms with Gasteiger partial charge in [0, 0.05) is 24.5 Å².